The summed E-state index contributed by atoms with van der Waals surface area (Å²) in [5.74, 6) is -0.806. The van der Waals surface area contributed by atoms with E-state index in [1.54, 1.807) is 0 Å². The Kier molecular flexibility index (Phi) is 5.33. The number of alkyl halides is 3. The Morgan fingerprint density at radius 2 is 2.11 bits per heavy atom. The molecule has 1 rings (SSSR count). The third-order valence-electron chi connectivity index (χ3n) is 2.01. The van der Waals surface area contributed by atoms with Crippen molar-refractivity contribution in [1.29, 1.82) is 0 Å². The van der Waals surface area contributed by atoms with Crippen molar-refractivity contribution >= 4 is 0 Å². The van der Waals surface area contributed by atoms with Gasteiger partial charge in [0, 0.05) is 12.1 Å². The number of pyridine rings is 1. The number of halogens is 4. The maximum absolute atomic E-state index is 13.0. The van der Waals surface area contributed by atoms with Crippen LogP contribution in [0.5, 0.6) is 5.88 Å². The second kappa shape index (κ2) is 6.53. The fourth-order valence-corrected chi connectivity index (χ4v) is 1.28. The van der Waals surface area contributed by atoms with Crippen molar-refractivity contribution in [3.8, 4) is 5.88 Å². The Hall–Kier alpha value is -1.37. The van der Waals surface area contributed by atoms with Crippen LogP contribution in [0.1, 0.15) is 18.9 Å². The third kappa shape index (κ3) is 5.31. The minimum absolute atomic E-state index is 0.197. The van der Waals surface area contributed by atoms with E-state index in [1.807, 2.05) is 6.92 Å². The predicted molar refractivity (Wildman–Crippen MR) is 57.7 cm³/mol. The minimum Gasteiger partial charge on any atom is -0.468 e. The summed E-state index contributed by atoms with van der Waals surface area (Å²) in [6, 6.07) is 1.11. The maximum Gasteiger partial charge on any atom is 0.422 e. The van der Waals surface area contributed by atoms with Gasteiger partial charge in [0.15, 0.2) is 6.61 Å². The monoisotopic (exact) mass is 266 g/mol. The van der Waals surface area contributed by atoms with Crippen LogP contribution in [0, 0.1) is 5.82 Å². The SMILES string of the molecule is CCCNCc1cc(F)cnc1OCC(F)(F)F. The van der Waals surface area contributed by atoms with Crippen LogP contribution in [0.3, 0.4) is 0 Å². The van der Waals surface area contributed by atoms with Crippen molar-refractivity contribution in [3.63, 3.8) is 0 Å². The lowest BCUT2D eigenvalue weighted by molar-refractivity contribution is -0.154. The topological polar surface area (TPSA) is 34.2 Å². The van der Waals surface area contributed by atoms with E-state index >= 15 is 0 Å². The molecule has 0 saturated heterocycles. The molecule has 0 fully saturated rings. The first-order chi connectivity index (χ1) is 8.42. The molecule has 3 nitrogen and oxygen atoms in total. The molecule has 0 aromatic carbocycles. The summed E-state index contributed by atoms with van der Waals surface area (Å²) >= 11 is 0. The molecule has 0 amide bonds. The Balaban J connectivity index is 2.70. The lowest BCUT2D eigenvalue weighted by atomic mass is 10.2. The molecule has 0 radical (unpaired) electrons. The highest BCUT2D eigenvalue weighted by Crippen LogP contribution is 2.20. The van der Waals surface area contributed by atoms with Crippen LogP contribution in [0.25, 0.3) is 0 Å². The van der Waals surface area contributed by atoms with Gasteiger partial charge in [-0.3, -0.25) is 0 Å². The normalized spacial score (nSPS) is 11.6. The van der Waals surface area contributed by atoms with Crippen molar-refractivity contribution in [3.05, 3.63) is 23.6 Å². The molecule has 102 valence electrons. The Morgan fingerprint density at radius 1 is 1.39 bits per heavy atom. The Morgan fingerprint density at radius 3 is 2.72 bits per heavy atom. The first kappa shape index (κ1) is 14.7. The number of ether oxygens (including phenoxy) is 1. The van der Waals surface area contributed by atoms with Crippen LogP contribution in [0.4, 0.5) is 17.6 Å². The number of hydrogen-bond donors (Lipinski definition) is 1. The third-order valence-corrected chi connectivity index (χ3v) is 2.01. The molecular weight excluding hydrogens is 252 g/mol. The quantitative estimate of drug-likeness (QED) is 0.635. The molecule has 0 aliphatic carbocycles. The van der Waals surface area contributed by atoms with Crippen molar-refractivity contribution < 1.29 is 22.3 Å². The number of hydrogen-bond acceptors (Lipinski definition) is 3. The van der Waals surface area contributed by atoms with E-state index in [4.69, 9.17) is 0 Å². The van der Waals surface area contributed by atoms with E-state index in [9.17, 15) is 17.6 Å². The van der Waals surface area contributed by atoms with Crippen molar-refractivity contribution in [2.45, 2.75) is 26.1 Å². The van der Waals surface area contributed by atoms with Gasteiger partial charge in [0.1, 0.15) is 5.82 Å². The fourth-order valence-electron chi connectivity index (χ4n) is 1.28. The summed E-state index contributed by atoms with van der Waals surface area (Å²) in [4.78, 5) is 3.52. The molecular formula is C11H14F4N2O. The first-order valence-electron chi connectivity index (χ1n) is 5.47. The Labute approximate surface area is 102 Å². The highest BCUT2D eigenvalue weighted by Gasteiger charge is 2.29. The van der Waals surface area contributed by atoms with Gasteiger partial charge in [0.2, 0.25) is 5.88 Å². The molecule has 1 aromatic heterocycles. The smallest absolute Gasteiger partial charge is 0.422 e. The highest BCUT2D eigenvalue weighted by atomic mass is 19.4. The number of nitrogens with zero attached hydrogens (tertiary/aromatic N) is 1. The van der Waals surface area contributed by atoms with Gasteiger partial charge in [0.25, 0.3) is 0 Å². The van der Waals surface area contributed by atoms with Gasteiger partial charge >= 0.3 is 6.18 Å². The molecule has 1 N–H and O–H groups in total. The zero-order valence-corrected chi connectivity index (χ0v) is 9.85. The van der Waals surface area contributed by atoms with Gasteiger partial charge in [-0.2, -0.15) is 13.2 Å². The van der Waals surface area contributed by atoms with Crippen LogP contribution in [0.2, 0.25) is 0 Å². The maximum atomic E-state index is 13.0. The molecule has 1 heterocycles. The van der Waals surface area contributed by atoms with Gasteiger partial charge in [-0.1, -0.05) is 6.92 Å². The molecule has 0 aliphatic rings. The first-order valence-corrected chi connectivity index (χ1v) is 5.47. The number of rotatable bonds is 6. The van der Waals surface area contributed by atoms with Crippen molar-refractivity contribution in [2.24, 2.45) is 0 Å². The summed E-state index contributed by atoms with van der Waals surface area (Å²) in [6.07, 6.45) is -2.75. The second-order valence-electron chi connectivity index (χ2n) is 3.70. The van der Waals surface area contributed by atoms with Crippen LogP contribution in [-0.4, -0.2) is 24.3 Å². The molecule has 0 atom stereocenters. The average molecular weight is 266 g/mol. The zero-order valence-electron chi connectivity index (χ0n) is 9.85. The summed E-state index contributed by atoms with van der Waals surface area (Å²) in [5, 5.41) is 2.95. The second-order valence-corrected chi connectivity index (χ2v) is 3.70. The van der Waals surface area contributed by atoms with Gasteiger partial charge in [0.05, 0.1) is 6.20 Å². The van der Waals surface area contributed by atoms with E-state index in [0.717, 1.165) is 18.7 Å². The average Bonchev–Trinajstić information content (AvgIpc) is 2.27. The van der Waals surface area contributed by atoms with Gasteiger partial charge in [-0.15, -0.1) is 0 Å². The van der Waals surface area contributed by atoms with Crippen LogP contribution in [0.15, 0.2) is 12.3 Å². The molecule has 7 heteroatoms. The van der Waals surface area contributed by atoms with E-state index in [2.05, 4.69) is 15.0 Å². The predicted octanol–water partition coefficient (Wildman–Crippen LogP) is 2.66. The Bertz CT molecular complexity index is 382. The largest absolute Gasteiger partial charge is 0.468 e. The molecule has 0 bridgehead atoms. The minimum atomic E-state index is -4.44. The lowest BCUT2D eigenvalue weighted by Crippen LogP contribution is -2.21. The lowest BCUT2D eigenvalue weighted by Gasteiger charge is -2.12. The van der Waals surface area contributed by atoms with E-state index < -0.39 is 18.6 Å². The van der Waals surface area contributed by atoms with E-state index in [0.29, 0.717) is 6.54 Å². The van der Waals surface area contributed by atoms with Gasteiger partial charge < -0.3 is 10.1 Å². The van der Waals surface area contributed by atoms with Crippen LogP contribution in [-0.2, 0) is 6.54 Å². The molecule has 0 aliphatic heterocycles. The fraction of sp³-hybridized carbons (Fsp3) is 0.545. The number of aromatic nitrogens is 1. The molecule has 0 spiro atoms. The molecule has 0 saturated carbocycles. The van der Waals surface area contributed by atoms with Crippen LogP contribution < -0.4 is 10.1 Å². The molecule has 0 unspecified atom stereocenters. The molecule has 1 aromatic rings. The molecule has 18 heavy (non-hydrogen) atoms. The zero-order chi connectivity index (χ0) is 13.6. The van der Waals surface area contributed by atoms with Crippen molar-refractivity contribution in [2.75, 3.05) is 13.2 Å². The van der Waals surface area contributed by atoms with Gasteiger partial charge in [-0.05, 0) is 19.0 Å². The highest BCUT2D eigenvalue weighted by molar-refractivity contribution is 5.26. The summed E-state index contributed by atoms with van der Waals surface area (Å²) in [5.41, 5.74) is 0.271. The van der Waals surface area contributed by atoms with E-state index in [1.165, 1.54) is 0 Å². The standard InChI is InChI=1S/C11H14F4N2O/c1-2-3-16-5-8-4-9(12)6-17-10(8)18-7-11(13,14)15/h4,6,16H,2-3,5,7H2,1H3. The number of nitrogens with one attached hydrogen (secondary N) is 1. The van der Waals surface area contributed by atoms with Gasteiger partial charge in [-0.25, -0.2) is 9.37 Å². The summed E-state index contributed by atoms with van der Waals surface area (Å²) < 4.78 is 53.6. The van der Waals surface area contributed by atoms with Crippen LogP contribution >= 0.6 is 0 Å². The van der Waals surface area contributed by atoms with E-state index in [-0.39, 0.29) is 18.0 Å². The summed E-state index contributed by atoms with van der Waals surface area (Å²) in [7, 11) is 0. The summed E-state index contributed by atoms with van der Waals surface area (Å²) in [6.45, 7) is 1.39. The van der Waals surface area contributed by atoms with Crippen molar-refractivity contribution in [1.82, 2.24) is 10.3 Å².